The van der Waals surface area contributed by atoms with Crippen LogP contribution in [0.3, 0.4) is 0 Å². The lowest BCUT2D eigenvalue weighted by Gasteiger charge is -2.08. The molecule has 0 saturated heterocycles. The van der Waals surface area contributed by atoms with Crippen molar-refractivity contribution >= 4 is 23.2 Å². The molecule has 0 fully saturated rings. The molecule has 0 aliphatic carbocycles. The second kappa shape index (κ2) is 34.4. The third kappa shape index (κ3) is 28.9. The molecule has 0 N–H and O–H groups in total. The van der Waals surface area contributed by atoms with E-state index in [1.165, 1.54) is 86.5 Å². The highest BCUT2D eigenvalue weighted by atomic mass is 35.5. The van der Waals surface area contributed by atoms with E-state index >= 15 is 0 Å². The first kappa shape index (κ1) is 72.2. The molecule has 0 heterocycles. The lowest BCUT2D eigenvalue weighted by Crippen LogP contribution is -2.06. The van der Waals surface area contributed by atoms with Crippen LogP contribution in [-0.4, -0.2) is 0 Å². The summed E-state index contributed by atoms with van der Waals surface area (Å²) >= 11 is 10.8. The molecule has 0 amide bonds. The molecule has 8 rings (SSSR count). The summed E-state index contributed by atoms with van der Waals surface area (Å²) in [6, 6.07) is 40.8. The van der Waals surface area contributed by atoms with Gasteiger partial charge in [0, 0.05) is 38.4 Å². The van der Waals surface area contributed by atoms with E-state index in [-0.39, 0.29) is 37.9 Å². The van der Waals surface area contributed by atoms with Crippen LogP contribution in [0, 0.1) is 85.6 Å². The number of alkyl halides is 13. The fraction of sp³-hybridized carbons (Fsp3) is 0.226. The van der Waals surface area contributed by atoms with Gasteiger partial charge >= 0.3 is 18.5 Å². The van der Waals surface area contributed by atoms with E-state index in [1.807, 2.05) is 6.92 Å². The summed E-state index contributed by atoms with van der Waals surface area (Å²) in [5, 5.41) is 0.207. The lowest BCUT2D eigenvalue weighted by molar-refractivity contribution is -0.138. The third-order valence-corrected chi connectivity index (χ3v) is 11.3. The van der Waals surface area contributed by atoms with Crippen molar-refractivity contribution in [1.29, 1.82) is 0 Å². The number of halogens is 19. The van der Waals surface area contributed by atoms with E-state index in [1.54, 1.807) is 57.2 Å². The summed E-state index contributed by atoms with van der Waals surface area (Å²) in [5.41, 5.74) is 5.07. The van der Waals surface area contributed by atoms with Gasteiger partial charge in [-0.2, -0.15) is 39.5 Å². The third-order valence-electron chi connectivity index (χ3n) is 10.7. The maximum Gasteiger partial charge on any atom is 0.416 e. The van der Waals surface area contributed by atoms with E-state index in [0.29, 0.717) is 5.56 Å². The molecule has 0 unspecified atom stereocenters. The molecule has 0 aliphatic heterocycles. The summed E-state index contributed by atoms with van der Waals surface area (Å²) in [7, 11) is 0. The Hall–Kier alpha value is -6.85. The Morgan fingerprint density at radius 1 is 0.333 bits per heavy atom. The molecule has 81 heavy (non-hydrogen) atoms. The highest BCUT2D eigenvalue weighted by Crippen LogP contribution is 2.32. The molecule has 0 spiro atoms. The average Bonchev–Trinajstić information content (AvgIpc) is 3.38. The summed E-state index contributed by atoms with van der Waals surface area (Å²) in [4.78, 5) is 0. The number of rotatable bonds is 2. The van der Waals surface area contributed by atoms with Crippen LogP contribution in [0.1, 0.15) is 90.7 Å². The first-order valence-electron chi connectivity index (χ1n) is 23.8. The number of benzene rings is 8. The van der Waals surface area contributed by atoms with Gasteiger partial charge in [-0.25, -0.2) is 35.1 Å². The van der Waals surface area contributed by atoms with Crippen molar-refractivity contribution in [2.45, 2.75) is 93.7 Å². The molecule has 0 aromatic heterocycles. The number of hydrogen-bond acceptors (Lipinski definition) is 0. The van der Waals surface area contributed by atoms with Crippen molar-refractivity contribution in [2.75, 3.05) is 0 Å². The Bertz CT molecular complexity index is 2990. The van der Waals surface area contributed by atoms with Gasteiger partial charge < -0.3 is 0 Å². The Morgan fingerprint density at radius 3 is 1.09 bits per heavy atom. The summed E-state index contributed by atoms with van der Waals surface area (Å²) in [6.07, 6.45) is -17.3. The van der Waals surface area contributed by atoms with Gasteiger partial charge in [0.15, 0.2) is 0 Å². The second-order valence-corrected chi connectivity index (χ2v) is 18.4. The molecule has 0 atom stereocenters. The van der Waals surface area contributed by atoms with Crippen molar-refractivity contribution in [3.63, 3.8) is 0 Å². The van der Waals surface area contributed by atoms with Gasteiger partial charge in [-0.1, -0.05) is 167 Å². The fourth-order valence-corrected chi connectivity index (χ4v) is 6.25. The summed E-state index contributed by atoms with van der Waals surface area (Å²) in [6.45, 7) is 15.6. The predicted octanol–water partition coefficient (Wildman–Crippen LogP) is 23.1. The minimum absolute atomic E-state index is 0.00407. The van der Waals surface area contributed by atoms with Crippen LogP contribution in [0.15, 0.2) is 170 Å². The molecule has 438 valence electrons. The van der Waals surface area contributed by atoms with E-state index in [2.05, 4.69) is 38.1 Å². The van der Waals surface area contributed by atoms with Crippen LogP contribution < -0.4 is 0 Å². The Balaban J connectivity index is 0.000000463. The van der Waals surface area contributed by atoms with Crippen molar-refractivity contribution in [3.05, 3.63) is 281 Å². The minimum atomic E-state index is -4.22. The zero-order chi connectivity index (χ0) is 62.0. The molecule has 8 aromatic rings. The molecular formula is C62H57Cl2F17. The topological polar surface area (TPSA) is 0 Å². The molecular weight excluding hydrogens is 1140 g/mol. The zero-order valence-corrected chi connectivity index (χ0v) is 46.5. The normalized spacial score (nSPS) is 10.7. The average molecular weight is 1200 g/mol. The highest BCUT2D eigenvalue weighted by molar-refractivity contribution is 6.31. The van der Waals surface area contributed by atoms with Gasteiger partial charge in [0.1, 0.15) is 23.3 Å². The first-order chi connectivity index (χ1) is 37.4. The van der Waals surface area contributed by atoms with Gasteiger partial charge in [0.2, 0.25) is 0 Å². The molecule has 19 heteroatoms. The van der Waals surface area contributed by atoms with Gasteiger partial charge in [-0.05, 0) is 121 Å². The predicted molar refractivity (Wildman–Crippen MR) is 289 cm³/mol. The number of aryl methyl sites for hydroxylation is 7. The quantitative estimate of drug-likeness (QED) is 0.151. The monoisotopic (exact) mass is 1190 g/mol. The highest BCUT2D eigenvalue weighted by Gasteiger charge is 2.32. The van der Waals surface area contributed by atoms with Crippen LogP contribution in [0.2, 0.25) is 10.0 Å². The SMILES string of the molecule is Cc1c(F)cc(Cl)cc1F.Cc1c(F)cc(F)cc1Cl.Cc1ccc(C(F)(F)F)cc1.Cc1ccc(C(F)F)cc1.Cc1cccc(C(F)(F)F)c1.Cc1cccc(C(F)F)c1.Cc1ccccc1C.Cc1ccccc1C(F)(F)F. The Morgan fingerprint density at radius 2 is 0.741 bits per heavy atom. The number of hydrogen-bond donors (Lipinski definition) is 0. The minimum Gasteiger partial charge on any atom is -0.207 e. The molecule has 8 aromatic carbocycles. The zero-order valence-electron chi connectivity index (χ0n) is 45.0. The van der Waals surface area contributed by atoms with Crippen LogP contribution in [0.5, 0.6) is 0 Å². The maximum atomic E-state index is 12.5. The Kier molecular flexibility index (Phi) is 30.7. The van der Waals surface area contributed by atoms with Crippen LogP contribution in [-0.2, 0) is 18.5 Å². The van der Waals surface area contributed by atoms with E-state index in [9.17, 15) is 74.6 Å². The molecule has 0 aliphatic rings. The van der Waals surface area contributed by atoms with Crippen LogP contribution in [0.4, 0.5) is 74.6 Å². The van der Waals surface area contributed by atoms with Gasteiger partial charge in [0.05, 0.1) is 16.7 Å². The largest absolute Gasteiger partial charge is 0.416 e. The van der Waals surface area contributed by atoms with Crippen molar-refractivity contribution in [3.8, 4) is 0 Å². The molecule has 0 saturated carbocycles. The second-order valence-electron chi connectivity index (χ2n) is 17.5. The smallest absolute Gasteiger partial charge is 0.207 e. The van der Waals surface area contributed by atoms with E-state index < -0.39 is 71.3 Å². The Labute approximate surface area is 470 Å². The summed E-state index contributed by atoms with van der Waals surface area (Å²) in [5.74, 6) is -2.46. The van der Waals surface area contributed by atoms with Gasteiger partial charge in [-0.3, -0.25) is 0 Å². The van der Waals surface area contributed by atoms with Crippen molar-refractivity contribution in [1.82, 2.24) is 0 Å². The van der Waals surface area contributed by atoms with Crippen molar-refractivity contribution < 1.29 is 74.6 Å². The molecule has 0 bridgehead atoms. The lowest BCUT2D eigenvalue weighted by atomic mass is 10.1. The standard InChI is InChI=1S/3C8H7F3.2C8H8F2.C8H10.2C7H5ClF2/c1-6-2-4-7(5-3-6)8(9,10)11;1-6-3-2-4-7(5-6)8(9,10)11;1-6-4-2-3-5-7(6)8(9,10)11;1-6-2-4-7(5-3-6)8(9)10;1-6-3-2-4-7(5-6)8(9)10;1-7-5-3-4-6-8(7)2;1-4-6(8)2-5(9)3-7(4)10;1-4-6(9)2-5(8)3-7(4)10/h3*2-5H,1H3;2*2-5,8H,1H3;3-6H,1-2H3;2*2-3H,1H3. The molecule has 0 nitrogen and oxygen atoms in total. The van der Waals surface area contributed by atoms with Crippen LogP contribution in [0.25, 0.3) is 0 Å². The van der Waals surface area contributed by atoms with Gasteiger partial charge in [0.25, 0.3) is 12.9 Å². The van der Waals surface area contributed by atoms with Crippen LogP contribution >= 0.6 is 23.2 Å². The van der Waals surface area contributed by atoms with E-state index in [4.69, 9.17) is 23.2 Å². The first-order valence-corrected chi connectivity index (χ1v) is 24.5. The van der Waals surface area contributed by atoms with E-state index in [0.717, 1.165) is 71.3 Å². The molecule has 0 radical (unpaired) electrons. The fourth-order valence-electron chi connectivity index (χ4n) is 5.86. The van der Waals surface area contributed by atoms with Gasteiger partial charge in [-0.15, -0.1) is 0 Å². The maximum absolute atomic E-state index is 12.5. The summed E-state index contributed by atoms with van der Waals surface area (Å²) < 4.78 is 205. The van der Waals surface area contributed by atoms with Crippen molar-refractivity contribution in [2.24, 2.45) is 0 Å².